The first-order chi connectivity index (χ1) is 8.49. The summed E-state index contributed by atoms with van der Waals surface area (Å²) in [4.78, 5) is 23.3. The Hall–Kier alpha value is -1.55. The number of carbonyl (C=O) groups excluding carboxylic acids is 2. The molecule has 0 saturated carbocycles. The molecule has 1 atom stereocenters. The number of alkyl halides is 1. The molecule has 0 heterocycles. The SMILES string of the molecule is CNC(=O)c1ccc(C)c(NC(=O)C(C)CCl)c1. The van der Waals surface area contributed by atoms with Crippen LogP contribution in [0.3, 0.4) is 0 Å². The third-order valence-electron chi connectivity index (χ3n) is 2.66. The van der Waals surface area contributed by atoms with Crippen LogP contribution in [0.1, 0.15) is 22.8 Å². The number of aryl methyl sites for hydroxylation is 1. The minimum atomic E-state index is -0.269. The minimum absolute atomic E-state index is 0.151. The quantitative estimate of drug-likeness (QED) is 0.823. The first-order valence-corrected chi connectivity index (χ1v) is 6.22. The van der Waals surface area contributed by atoms with E-state index in [1.54, 1.807) is 32.2 Å². The Bertz CT molecular complexity index is 460. The smallest absolute Gasteiger partial charge is 0.251 e. The van der Waals surface area contributed by atoms with Gasteiger partial charge in [-0.3, -0.25) is 9.59 Å². The predicted octanol–water partition coefficient (Wildman–Crippen LogP) is 2.17. The van der Waals surface area contributed by atoms with Crippen LogP contribution in [0.25, 0.3) is 0 Å². The van der Waals surface area contributed by atoms with Crippen molar-refractivity contribution in [3.05, 3.63) is 29.3 Å². The van der Waals surface area contributed by atoms with Crippen molar-refractivity contribution in [2.24, 2.45) is 5.92 Å². The van der Waals surface area contributed by atoms with Crippen LogP contribution < -0.4 is 10.6 Å². The monoisotopic (exact) mass is 268 g/mol. The number of carbonyl (C=O) groups is 2. The Morgan fingerprint density at radius 2 is 2.06 bits per heavy atom. The summed E-state index contributed by atoms with van der Waals surface area (Å²) < 4.78 is 0. The second kappa shape index (κ2) is 6.40. The highest BCUT2D eigenvalue weighted by molar-refractivity contribution is 6.19. The third-order valence-corrected chi connectivity index (χ3v) is 3.13. The fourth-order valence-corrected chi connectivity index (χ4v) is 1.51. The highest BCUT2D eigenvalue weighted by Gasteiger charge is 2.13. The minimum Gasteiger partial charge on any atom is -0.355 e. The van der Waals surface area contributed by atoms with Crippen LogP contribution >= 0.6 is 11.6 Å². The molecule has 0 saturated heterocycles. The van der Waals surface area contributed by atoms with Crippen LogP contribution in [0.15, 0.2) is 18.2 Å². The molecular weight excluding hydrogens is 252 g/mol. The molecule has 2 N–H and O–H groups in total. The first-order valence-electron chi connectivity index (χ1n) is 5.69. The largest absolute Gasteiger partial charge is 0.355 e. The number of rotatable bonds is 4. The van der Waals surface area contributed by atoms with E-state index in [1.165, 1.54) is 0 Å². The van der Waals surface area contributed by atoms with Gasteiger partial charge in [0.2, 0.25) is 5.91 Å². The van der Waals surface area contributed by atoms with E-state index in [4.69, 9.17) is 11.6 Å². The van der Waals surface area contributed by atoms with Crippen molar-refractivity contribution in [3.8, 4) is 0 Å². The van der Waals surface area contributed by atoms with E-state index in [0.717, 1.165) is 5.56 Å². The fourth-order valence-electron chi connectivity index (χ4n) is 1.37. The van der Waals surface area contributed by atoms with E-state index in [0.29, 0.717) is 11.3 Å². The molecule has 0 bridgehead atoms. The molecule has 0 fully saturated rings. The van der Waals surface area contributed by atoms with Gasteiger partial charge in [-0.1, -0.05) is 13.0 Å². The lowest BCUT2D eigenvalue weighted by Gasteiger charge is -2.12. The maximum Gasteiger partial charge on any atom is 0.251 e. The Balaban J connectivity index is 2.94. The van der Waals surface area contributed by atoms with E-state index in [2.05, 4.69) is 10.6 Å². The zero-order valence-corrected chi connectivity index (χ0v) is 11.5. The van der Waals surface area contributed by atoms with E-state index < -0.39 is 0 Å². The van der Waals surface area contributed by atoms with Gasteiger partial charge in [0.15, 0.2) is 0 Å². The molecule has 0 aromatic heterocycles. The number of benzene rings is 1. The summed E-state index contributed by atoms with van der Waals surface area (Å²) in [5, 5.41) is 5.32. The maximum atomic E-state index is 11.8. The zero-order valence-electron chi connectivity index (χ0n) is 10.7. The molecular formula is C13H17ClN2O2. The number of halogens is 1. The summed E-state index contributed by atoms with van der Waals surface area (Å²) in [5.74, 6) is -0.340. The molecule has 18 heavy (non-hydrogen) atoms. The van der Waals surface area contributed by atoms with Crippen molar-refractivity contribution in [1.29, 1.82) is 0 Å². The predicted molar refractivity (Wildman–Crippen MR) is 73.1 cm³/mol. The Morgan fingerprint density at radius 1 is 1.39 bits per heavy atom. The summed E-state index contributed by atoms with van der Waals surface area (Å²) in [5.41, 5.74) is 2.05. The summed E-state index contributed by atoms with van der Waals surface area (Å²) in [6.07, 6.45) is 0. The summed E-state index contributed by atoms with van der Waals surface area (Å²) in [6, 6.07) is 5.17. The van der Waals surface area contributed by atoms with Gasteiger partial charge in [-0.25, -0.2) is 0 Å². The number of amides is 2. The van der Waals surface area contributed by atoms with Crippen LogP contribution in [-0.2, 0) is 4.79 Å². The molecule has 98 valence electrons. The number of anilines is 1. The third kappa shape index (κ3) is 3.47. The molecule has 2 amide bonds. The van der Waals surface area contributed by atoms with Crippen LogP contribution in [0.2, 0.25) is 0 Å². The lowest BCUT2D eigenvalue weighted by atomic mass is 10.1. The van der Waals surface area contributed by atoms with Gasteiger partial charge in [0.25, 0.3) is 5.91 Å². The molecule has 0 spiro atoms. The van der Waals surface area contributed by atoms with E-state index in [-0.39, 0.29) is 23.6 Å². The van der Waals surface area contributed by atoms with Crippen molar-refractivity contribution in [3.63, 3.8) is 0 Å². The normalized spacial score (nSPS) is 11.8. The van der Waals surface area contributed by atoms with E-state index in [9.17, 15) is 9.59 Å². The second-order valence-electron chi connectivity index (χ2n) is 4.15. The topological polar surface area (TPSA) is 58.2 Å². The van der Waals surface area contributed by atoms with Crippen molar-refractivity contribution in [2.75, 3.05) is 18.2 Å². The molecule has 4 nitrogen and oxygen atoms in total. The molecule has 1 aromatic carbocycles. The average molecular weight is 269 g/mol. The van der Waals surface area contributed by atoms with Gasteiger partial charge in [0.05, 0.1) is 0 Å². The summed E-state index contributed by atoms with van der Waals surface area (Å²) >= 11 is 5.63. The van der Waals surface area contributed by atoms with E-state index >= 15 is 0 Å². The zero-order chi connectivity index (χ0) is 13.7. The van der Waals surface area contributed by atoms with Gasteiger partial charge >= 0.3 is 0 Å². The van der Waals surface area contributed by atoms with Crippen LogP contribution in [0.4, 0.5) is 5.69 Å². The molecule has 0 radical (unpaired) electrons. The van der Waals surface area contributed by atoms with Gasteiger partial charge in [-0.05, 0) is 24.6 Å². The van der Waals surface area contributed by atoms with E-state index in [1.807, 2.05) is 6.92 Å². The van der Waals surface area contributed by atoms with Crippen LogP contribution in [-0.4, -0.2) is 24.7 Å². The van der Waals surface area contributed by atoms with Crippen LogP contribution in [0, 0.1) is 12.8 Å². The Labute approximate surface area is 112 Å². The molecule has 1 aromatic rings. The van der Waals surface area contributed by atoms with Gasteiger partial charge in [-0.15, -0.1) is 11.6 Å². The lowest BCUT2D eigenvalue weighted by molar-refractivity contribution is -0.118. The highest BCUT2D eigenvalue weighted by Crippen LogP contribution is 2.18. The second-order valence-corrected chi connectivity index (χ2v) is 4.46. The van der Waals surface area contributed by atoms with Crippen LogP contribution in [0.5, 0.6) is 0 Å². The molecule has 1 rings (SSSR count). The van der Waals surface area contributed by atoms with Crippen molar-refractivity contribution < 1.29 is 9.59 Å². The highest BCUT2D eigenvalue weighted by atomic mass is 35.5. The Morgan fingerprint density at radius 3 is 2.61 bits per heavy atom. The number of nitrogens with one attached hydrogen (secondary N) is 2. The number of hydrogen-bond acceptors (Lipinski definition) is 2. The molecule has 0 aliphatic rings. The molecule has 0 aliphatic heterocycles. The standard InChI is InChI=1S/C13H17ClN2O2/c1-8-4-5-10(13(18)15-3)6-11(8)16-12(17)9(2)7-14/h4-6,9H,7H2,1-3H3,(H,15,18)(H,16,17). The Kier molecular flexibility index (Phi) is 5.16. The van der Waals surface area contributed by atoms with Crippen molar-refractivity contribution in [1.82, 2.24) is 5.32 Å². The lowest BCUT2D eigenvalue weighted by Crippen LogP contribution is -2.23. The van der Waals surface area contributed by atoms with Gasteiger partial charge in [0, 0.05) is 30.1 Å². The first kappa shape index (κ1) is 14.5. The van der Waals surface area contributed by atoms with Gasteiger partial charge < -0.3 is 10.6 Å². The summed E-state index contributed by atoms with van der Waals surface area (Å²) in [6.45, 7) is 3.62. The fraction of sp³-hybridized carbons (Fsp3) is 0.385. The summed E-state index contributed by atoms with van der Waals surface area (Å²) in [7, 11) is 1.57. The average Bonchev–Trinajstić information content (AvgIpc) is 2.39. The van der Waals surface area contributed by atoms with Crippen molar-refractivity contribution >= 4 is 29.1 Å². The maximum absolute atomic E-state index is 11.8. The molecule has 5 heteroatoms. The number of hydrogen-bond donors (Lipinski definition) is 2. The molecule has 1 unspecified atom stereocenters. The van der Waals surface area contributed by atoms with Gasteiger partial charge in [-0.2, -0.15) is 0 Å². The van der Waals surface area contributed by atoms with Crippen molar-refractivity contribution in [2.45, 2.75) is 13.8 Å². The van der Waals surface area contributed by atoms with Gasteiger partial charge in [0.1, 0.15) is 0 Å². The molecule has 0 aliphatic carbocycles.